The number of nitrogens with two attached hydrogens (primary N) is 1. The van der Waals surface area contributed by atoms with E-state index < -0.39 is 0 Å². The number of hydrogen-bond acceptors (Lipinski definition) is 4. The summed E-state index contributed by atoms with van der Waals surface area (Å²) in [5, 5.41) is 4.15. The summed E-state index contributed by atoms with van der Waals surface area (Å²) in [5.74, 6) is 1.29. The Bertz CT molecular complexity index is 698. The second kappa shape index (κ2) is 6.38. The molecule has 0 aliphatic carbocycles. The highest BCUT2D eigenvalue weighted by Gasteiger charge is 2.17. The number of hydrogen-bond donors (Lipinski definition) is 2. The maximum atomic E-state index is 5.88. The molecule has 2 aromatic rings. The van der Waals surface area contributed by atoms with Gasteiger partial charge in [0.2, 0.25) is 0 Å². The van der Waals surface area contributed by atoms with Crippen LogP contribution in [0.15, 0.2) is 47.5 Å². The van der Waals surface area contributed by atoms with Crippen molar-refractivity contribution in [3.05, 3.63) is 58.6 Å². The van der Waals surface area contributed by atoms with Crippen LogP contribution in [0.5, 0.6) is 5.75 Å². The third-order valence-electron chi connectivity index (χ3n) is 3.56. The fourth-order valence-electron chi connectivity index (χ4n) is 2.29. The average Bonchev–Trinajstić information content (AvgIpc) is 2.51. The first kappa shape index (κ1) is 14.9. The number of halogens is 1. The topological polar surface area (TPSA) is 59.6 Å². The van der Waals surface area contributed by atoms with E-state index in [1.807, 2.05) is 49.4 Å². The van der Waals surface area contributed by atoms with Crippen LogP contribution >= 0.6 is 11.6 Å². The molecule has 2 aromatic carbocycles. The van der Waals surface area contributed by atoms with Crippen LogP contribution in [0.1, 0.15) is 18.1 Å². The molecule has 5 heteroatoms. The van der Waals surface area contributed by atoms with Crippen molar-refractivity contribution >= 4 is 23.1 Å². The van der Waals surface area contributed by atoms with Gasteiger partial charge in [0.15, 0.2) is 6.10 Å². The maximum absolute atomic E-state index is 5.88. The Morgan fingerprint density at radius 3 is 2.59 bits per heavy atom. The summed E-state index contributed by atoms with van der Waals surface area (Å²) in [7, 11) is 0. The minimum atomic E-state index is -0.165. The zero-order chi connectivity index (χ0) is 15.5. The normalized spacial score (nSPS) is 16.6. The van der Waals surface area contributed by atoms with Gasteiger partial charge in [-0.05, 0) is 42.3 Å². The summed E-state index contributed by atoms with van der Waals surface area (Å²) in [6, 6.07) is 13.8. The van der Waals surface area contributed by atoms with E-state index in [1.54, 1.807) is 0 Å². The van der Waals surface area contributed by atoms with Gasteiger partial charge in [0.25, 0.3) is 0 Å². The van der Waals surface area contributed by atoms with Crippen LogP contribution in [0, 0.1) is 0 Å². The van der Waals surface area contributed by atoms with Crippen LogP contribution in [-0.2, 0) is 13.1 Å². The standard InChI is InChI=1S/C17H18ClN3O/c1-11-17(19)21-15-8-13(4-7-16(15)22-11)10-20-9-12-2-5-14(18)6-3-12/h2-8,11,20H,9-10H2,1H3,(H2,19,21). The van der Waals surface area contributed by atoms with Gasteiger partial charge in [-0.1, -0.05) is 29.8 Å². The Balaban J connectivity index is 1.63. The number of fused-ring (bicyclic) bond motifs is 1. The summed E-state index contributed by atoms with van der Waals surface area (Å²) < 4.78 is 5.70. The SMILES string of the molecule is CC1Oc2ccc(CNCc3ccc(Cl)cc3)cc2N=C1N. The summed E-state index contributed by atoms with van der Waals surface area (Å²) in [4.78, 5) is 4.39. The molecular formula is C17H18ClN3O. The first-order chi connectivity index (χ1) is 10.6. The zero-order valence-corrected chi connectivity index (χ0v) is 13.1. The van der Waals surface area contributed by atoms with Crippen molar-refractivity contribution in [2.75, 3.05) is 0 Å². The monoisotopic (exact) mass is 315 g/mol. The first-order valence-corrected chi connectivity index (χ1v) is 7.58. The molecule has 0 spiro atoms. The predicted octanol–water partition coefficient (Wildman–Crippen LogP) is 3.40. The van der Waals surface area contributed by atoms with E-state index in [-0.39, 0.29) is 6.10 Å². The van der Waals surface area contributed by atoms with Gasteiger partial charge in [-0.2, -0.15) is 0 Å². The second-order valence-electron chi connectivity index (χ2n) is 5.33. The average molecular weight is 316 g/mol. The molecule has 1 heterocycles. The van der Waals surface area contributed by atoms with Crippen LogP contribution in [-0.4, -0.2) is 11.9 Å². The van der Waals surface area contributed by atoms with E-state index in [0.29, 0.717) is 5.84 Å². The lowest BCUT2D eigenvalue weighted by atomic mass is 10.1. The quantitative estimate of drug-likeness (QED) is 0.909. The molecule has 0 radical (unpaired) electrons. The highest BCUT2D eigenvalue weighted by Crippen LogP contribution is 2.32. The van der Waals surface area contributed by atoms with Crippen LogP contribution in [0.3, 0.4) is 0 Å². The number of aliphatic imine (C=N–C) groups is 1. The Kier molecular flexibility index (Phi) is 4.32. The summed E-state index contributed by atoms with van der Waals surface area (Å²) >= 11 is 5.88. The minimum Gasteiger partial charge on any atom is -0.481 e. The molecule has 0 aromatic heterocycles. The molecular weight excluding hydrogens is 298 g/mol. The molecule has 0 saturated carbocycles. The molecule has 1 unspecified atom stereocenters. The maximum Gasteiger partial charge on any atom is 0.153 e. The molecule has 1 aliphatic rings. The van der Waals surface area contributed by atoms with Gasteiger partial charge in [-0.3, -0.25) is 0 Å². The molecule has 1 atom stereocenters. The molecule has 0 fully saturated rings. The van der Waals surface area contributed by atoms with Gasteiger partial charge in [0, 0.05) is 18.1 Å². The molecule has 114 valence electrons. The molecule has 0 amide bonds. The van der Waals surface area contributed by atoms with Crippen molar-refractivity contribution in [3.8, 4) is 5.75 Å². The summed E-state index contributed by atoms with van der Waals surface area (Å²) in [6.07, 6.45) is -0.165. The van der Waals surface area contributed by atoms with Crippen molar-refractivity contribution in [3.63, 3.8) is 0 Å². The van der Waals surface area contributed by atoms with E-state index in [1.165, 1.54) is 5.56 Å². The lowest BCUT2D eigenvalue weighted by molar-refractivity contribution is 0.281. The molecule has 0 saturated heterocycles. The smallest absolute Gasteiger partial charge is 0.153 e. The van der Waals surface area contributed by atoms with Crippen LogP contribution in [0.4, 0.5) is 5.69 Å². The van der Waals surface area contributed by atoms with Gasteiger partial charge in [0.1, 0.15) is 17.3 Å². The van der Waals surface area contributed by atoms with E-state index in [2.05, 4.69) is 10.3 Å². The largest absolute Gasteiger partial charge is 0.481 e. The van der Waals surface area contributed by atoms with Gasteiger partial charge < -0.3 is 15.8 Å². The lowest BCUT2D eigenvalue weighted by Crippen LogP contribution is -2.33. The molecule has 3 rings (SSSR count). The van der Waals surface area contributed by atoms with E-state index in [9.17, 15) is 0 Å². The van der Waals surface area contributed by atoms with Crippen molar-refractivity contribution in [1.29, 1.82) is 0 Å². The predicted molar refractivity (Wildman–Crippen MR) is 89.8 cm³/mol. The number of amidine groups is 1. The number of nitrogens with one attached hydrogen (secondary N) is 1. The van der Waals surface area contributed by atoms with Gasteiger partial charge in [-0.25, -0.2) is 4.99 Å². The Labute approximate surface area is 135 Å². The Morgan fingerprint density at radius 1 is 1.14 bits per heavy atom. The fraction of sp³-hybridized carbons (Fsp3) is 0.235. The number of rotatable bonds is 4. The number of benzene rings is 2. The van der Waals surface area contributed by atoms with Crippen molar-refractivity contribution in [2.45, 2.75) is 26.1 Å². The molecule has 22 heavy (non-hydrogen) atoms. The highest BCUT2D eigenvalue weighted by molar-refractivity contribution is 6.30. The zero-order valence-electron chi connectivity index (χ0n) is 12.3. The van der Waals surface area contributed by atoms with Crippen molar-refractivity contribution < 1.29 is 4.74 Å². The van der Waals surface area contributed by atoms with E-state index in [0.717, 1.165) is 35.1 Å². The lowest BCUT2D eigenvalue weighted by Gasteiger charge is -2.21. The van der Waals surface area contributed by atoms with Crippen LogP contribution in [0.2, 0.25) is 5.02 Å². The second-order valence-corrected chi connectivity index (χ2v) is 5.77. The van der Waals surface area contributed by atoms with Crippen LogP contribution < -0.4 is 15.8 Å². The summed E-state index contributed by atoms with van der Waals surface area (Å²) in [6.45, 7) is 3.43. The van der Waals surface area contributed by atoms with Gasteiger partial charge >= 0.3 is 0 Å². The fourth-order valence-corrected chi connectivity index (χ4v) is 2.42. The minimum absolute atomic E-state index is 0.165. The number of nitrogens with zero attached hydrogens (tertiary/aromatic N) is 1. The molecule has 3 N–H and O–H groups in total. The molecule has 1 aliphatic heterocycles. The van der Waals surface area contributed by atoms with Crippen molar-refractivity contribution in [1.82, 2.24) is 5.32 Å². The van der Waals surface area contributed by atoms with E-state index >= 15 is 0 Å². The van der Waals surface area contributed by atoms with Crippen molar-refractivity contribution in [2.24, 2.45) is 10.7 Å². The van der Waals surface area contributed by atoms with Gasteiger partial charge in [-0.15, -0.1) is 0 Å². The summed E-state index contributed by atoms with van der Waals surface area (Å²) in [5.41, 5.74) is 8.96. The Morgan fingerprint density at radius 2 is 1.82 bits per heavy atom. The van der Waals surface area contributed by atoms with E-state index in [4.69, 9.17) is 22.1 Å². The highest BCUT2D eigenvalue weighted by atomic mass is 35.5. The molecule has 0 bridgehead atoms. The molecule has 4 nitrogen and oxygen atoms in total. The van der Waals surface area contributed by atoms with Crippen LogP contribution in [0.25, 0.3) is 0 Å². The first-order valence-electron chi connectivity index (χ1n) is 7.20. The third-order valence-corrected chi connectivity index (χ3v) is 3.82. The third kappa shape index (κ3) is 3.40. The Hall–Kier alpha value is -2.04. The van der Waals surface area contributed by atoms with Gasteiger partial charge in [0.05, 0.1) is 0 Å². The number of ether oxygens (including phenoxy) is 1.